The summed E-state index contributed by atoms with van der Waals surface area (Å²) in [5, 5.41) is 68.4. The van der Waals surface area contributed by atoms with E-state index >= 15 is 0 Å². The third-order valence-electron chi connectivity index (χ3n) is 5.22. The molecule has 0 radical (unpaired) electrons. The van der Waals surface area contributed by atoms with Crippen LogP contribution in [0.2, 0.25) is 0 Å². The summed E-state index contributed by atoms with van der Waals surface area (Å²) < 4.78 is 16.2. The number of fused-ring (bicyclic) bond motifs is 1. The fourth-order valence-electron chi connectivity index (χ4n) is 3.46. The fourth-order valence-corrected chi connectivity index (χ4v) is 3.46. The molecule has 32 heavy (non-hydrogen) atoms. The van der Waals surface area contributed by atoms with Crippen LogP contribution in [-0.2, 0) is 4.74 Å². The Kier molecular flexibility index (Phi) is 5.67. The van der Waals surface area contributed by atoms with Crippen molar-refractivity contribution in [2.24, 2.45) is 0 Å². The molecule has 1 aliphatic rings. The summed E-state index contributed by atoms with van der Waals surface area (Å²) >= 11 is 0. The Labute approximate surface area is 179 Å². The van der Waals surface area contributed by atoms with Crippen molar-refractivity contribution in [2.75, 3.05) is 6.61 Å². The Balaban J connectivity index is 1.69. The number of hydrogen-bond donors (Lipinski definition) is 7. The van der Waals surface area contributed by atoms with E-state index in [1.807, 2.05) is 0 Å². The van der Waals surface area contributed by atoms with Crippen molar-refractivity contribution < 1.29 is 49.6 Å². The molecule has 1 saturated heterocycles. The molecule has 1 aliphatic heterocycles. The lowest BCUT2D eigenvalue weighted by Crippen LogP contribution is -2.60. The van der Waals surface area contributed by atoms with E-state index in [1.165, 1.54) is 24.3 Å². The van der Waals surface area contributed by atoms with E-state index in [-0.39, 0.29) is 33.6 Å². The standard InChI is InChI=1S/C21H20O11/c22-6-15-18(27)19(28)20(29)21(32-15)31-9-4-13(25)16-14(5-9)30-7-10(17(16)26)8-1-2-11(23)12(24)3-8/h1-5,7,15,18-25,27-29H,6H2/t15-,18+,19-,20-,21-/m1/s1. The molecule has 0 amide bonds. The predicted molar refractivity (Wildman–Crippen MR) is 107 cm³/mol. The van der Waals surface area contributed by atoms with Gasteiger partial charge in [0.1, 0.15) is 53.1 Å². The van der Waals surface area contributed by atoms with Gasteiger partial charge in [0.2, 0.25) is 11.7 Å². The Morgan fingerprint density at radius 1 is 0.906 bits per heavy atom. The highest BCUT2D eigenvalue weighted by molar-refractivity contribution is 5.88. The Morgan fingerprint density at radius 2 is 1.66 bits per heavy atom. The average molecular weight is 448 g/mol. The Morgan fingerprint density at radius 3 is 2.34 bits per heavy atom. The number of ether oxygens (including phenoxy) is 2. The maximum absolute atomic E-state index is 12.9. The lowest BCUT2D eigenvalue weighted by atomic mass is 9.99. The molecule has 0 saturated carbocycles. The van der Waals surface area contributed by atoms with Gasteiger partial charge >= 0.3 is 0 Å². The maximum Gasteiger partial charge on any atom is 0.229 e. The molecule has 7 N–H and O–H groups in total. The Bertz CT molecular complexity index is 1200. The van der Waals surface area contributed by atoms with E-state index in [9.17, 15) is 40.5 Å². The Hall–Kier alpha value is -3.35. The van der Waals surface area contributed by atoms with E-state index in [4.69, 9.17) is 13.9 Å². The zero-order chi connectivity index (χ0) is 23.2. The van der Waals surface area contributed by atoms with Gasteiger partial charge in [-0.2, -0.15) is 0 Å². The van der Waals surface area contributed by atoms with Crippen molar-refractivity contribution in [3.05, 3.63) is 46.8 Å². The first-order valence-corrected chi connectivity index (χ1v) is 9.49. The third-order valence-corrected chi connectivity index (χ3v) is 5.22. The fraction of sp³-hybridized carbons (Fsp3) is 0.286. The van der Waals surface area contributed by atoms with E-state index < -0.39 is 54.2 Å². The van der Waals surface area contributed by atoms with Gasteiger partial charge in [-0.05, 0) is 17.7 Å². The van der Waals surface area contributed by atoms with Crippen molar-refractivity contribution in [2.45, 2.75) is 30.7 Å². The largest absolute Gasteiger partial charge is 0.507 e. The van der Waals surface area contributed by atoms with Crippen molar-refractivity contribution >= 4 is 11.0 Å². The van der Waals surface area contributed by atoms with Crippen molar-refractivity contribution in [3.8, 4) is 34.1 Å². The van der Waals surface area contributed by atoms with Crippen LogP contribution in [-0.4, -0.2) is 73.1 Å². The third kappa shape index (κ3) is 3.72. The van der Waals surface area contributed by atoms with Crippen molar-refractivity contribution in [1.29, 1.82) is 0 Å². The van der Waals surface area contributed by atoms with Gasteiger partial charge in [0.25, 0.3) is 0 Å². The smallest absolute Gasteiger partial charge is 0.229 e. The topological polar surface area (TPSA) is 190 Å². The lowest BCUT2D eigenvalue weighted by Gasteiger charge is -2.39. The molecule has 11 heteroatoms. The molecule has 0 spiro atoms. The van der Waals surface area contributed by atoms with Crippen molar-refractivity contribution in [3.63, 3.8) is 0 Å². The second-order valence-corrected chi connectivity index (χ2v) is 7.31. The number of phenols is 3. The highest BCUT2D eigenvalue weighted by atomic mass is 16.7. The molecule has 2 heterocycles. The van der Waals surface area contributed by atoms with E-state index in [2.05, 4.69) is 0 Å². The molecule has 0 unspecified atom stereocenters. The number of benzene rings is 2. The first-order valence-electron chi connectivity index (χ1n) is 9.49. The van der Waals surface area contributed by atoms with Gasteiger partial charge in [0.15, 0.2) is 11.5 Å². The van der Waals surface area contributed by atoms with Crippen molar-refractivity contribution in [1.82, 2.24) is 0 Å². The summed E-state index contributed by atoms with van der Waals surface area (Å²) in [5.74, 6) is -1.40. The van der Waals surface area contributed by atoms with Gasteiger partial charge in [-0.3, -0.25) is 4.79 Å². The first-order chi connectivity index (χ1) is 15.2. The number of rotatable bonds is 4. The number of aromatic hydroxyl groups is 3. The minimum atomic E-state index is -1.66. The molecule has 1 fully saturated rings. The SMILES string of the molecule is O=c1c(-c2ccc(O)c(O)c2)coc2cc(O[C@@H]3O[C@H](CO)[C@H](O)[C@@H](O)[C@H]3O)cc(O)c12. The lowest BCUT2D eigenvalue weighted by molar-refractivity contribution is -0.277. The van der Waals surface area contributed by atoms with E-state index in [0.29, 0.717) is 0 Å². The summed E-state index contributed by atoms with van der Waals surface area (Å²) in [4.78, 5) is 12.9. The van der Waals surface area contributed by atoms with Crippen LogP contribution in [0.15, 0.2) is 45.8 Å². The summed E-state index contributed by atoms with van der Waals surface area (Å²) in [6, 6.07) is 6.07. The minimum absolute atomic E-state index is 0.0192. The second kappa shape index (κ2) is 8.30. The summed E-state index contributed by atoms with van der Waals surface area (Å²) in [6.07, 6.45) is -6.45. The zero-order valence-electron chi connectivity index (χ0n) is 16.3. The molecule has 11 nitrogen and oxygen atoms in total. The van der Waals surface area contributed by atoms with Crippen LogP contribution in [0.3, 0.4) is 0 Å². The van der Waals surface area contributed by atoms with Crippen LogP contribution in [0.5, 0.6) is 23.0 Å². The van der Waals surface area contributed by atoms with Crippen LogP contribution in [0, 0.1) is 0 Å². The highest BCUT2D eigenvalue weighted by Gasteiger charge is 2.44. The monoisotopic (exact) mass is 448 g/mol. The predicted octanol–water partition coefficient (Wildman–Crippen LogP) is -0.245. The van der Waals surface area contributed by atoms with Crippen LogP contribution >= 0.6 is 0 Å². The number of aliphatic hydroxyl groups is 4. The molecule has 0 aliphatic carbocycles. The van der Waals surface area contributed by atoms with E-state index in [1.54, 1.807) is 0 Å². The normalized spacial score (nSPS) is 25.7. The van der Waals surface area contributed by atoms with Gasteiger partial charge in [0.05, 0.1) is 12.2 Å². The quantitative estimate of drug-likeness (QED) is 0.261. The van der Waals surface area contributed by atoms with Gasteiger partial charge in [-0.15, -0.1) is 0 Å². The highest BCUT2D eigenvalue weighted by Crippen LogP contribution is 2.34. The molecule has 3 aromatic rings. The van der Waals surface area contributed by atoms with Gasteiger partial charge in [-0.25, -0.2) is 0 Å². The molecule has 5 atom stereocenters. The molecular formula is C21H20O11. The average Bonchev–Trinajstić information content (AvgIpc) is 2.76. The number of hydrogen-bond acceptors (Lipinski definition) is 11. The second-order valence-electron chi connectivity index (χ2n) is 7.31. The summed E-state index contributed by atoms with van der Waals surface area (Å²) in [7, 11) is 0. The summed E-state index contributed by atoms with van der Waals surface area (Å²) in [6.45, 7) is -0.641. The summed E-state index contributed by atoms with van der Waals surface area (Å²) in [5.41, 5.74) is -0.419. The van der Waals surface area contributed by atoms with Gasteiger partial charge in [-0.1, -0.05) is 6.07 Å². The number of aliphatic hydroxyl groups excluding tert-OH is 4. The molecular weight excluding hydrogens is 428 g/mol. The van der Waals surface area contributed by atoms with Crippen LogP contribution in [0.4, 0.5) is 0 Å². The van der Waals surface area contributed by atoms with Gasteiger partial charge in [0, 0.05) is 12.1 Å². The maximum atomic E-state index is 12.9. The van der Waals surface area contributed by atoms with E-state index in [0.717, 1.165) is 12.3 Å². The molecule has 4 rings (SSSR count). The zero-order valence-corrected chi connectivity index (χ0v) is 16.3. The minimum Gasteiger partial charge on any atom is -0.507 e. The molecule has 2 aromatic carbocycles. The van der Waals surface area contributed by atoms with Crippen LogP contribution < -0.4 is 10.2 Å². The van der Waals surface area contributed by atoms with Crippen LogP contribution in [0.25, 0.3) is 22.1 Å². The molecule has 170 valence electrons. The first kappa shape index (κ1) is 21.9. The van der Waals surface area contributed by atoms with Gasteiger partial charge < -0.3 is 49.6 Å². The van der Waals surface area contributed by atoms with Crippen LogP contribution in [0.1, 0.15) is 0 Å². The molecule has 1 aromatic heterocycles. The molecule has 0 bridgehead atoms. The number of phenolic OH excluding ortho intramolecular Hbond substituents is 3.